The summed E-state index contributed by atoms with van der Waals surface area (Å²) in [5, 5.41) is 0. The molecule has 0 bridgehead atoms. The Morgan fingerprint density at radius 3 is 2.00 bits per heavy atom. The molecule has 0 N–H and O–H groups in total. The van der Waals surface area contributed by atoms with Crippen LogP contribution < -0.4 is 0 Å². The number of hydrogen-bond acceptors (Lipinski definition) is 2. The summed E-state index contributed by atoms with van der Waals surface area (Å²) in [6, 6.07) is 0. The summed E-state index contributed by atoms with van der Waals surface area (Å²) in [4.78, 5) is 12.8. The number of hydrogen-bond donors (Lipinski definition) is 1. The van der Waals surface area contributed by atoms with E-state index in [9.17, 15) is 4.79 Å². The molecule has 0 aromatic rings. The van der Waals surface area contributed by atoms with Gasteiger partial charge >= 0.3 is 0 Å². The summed E-state index contributed by atoms with van der Waals surface area (Å²) in [6.45, 7) is 10.9. The van der Waals surface area contributed by atoms with Crippen LogP contribution in [0.15, 0.2) is 0 Å². The fourth-order valence-corrected chi connectivity index (χ4v) is 2.51. The van der Waals surface area contributed by atoms with E-state index in [1.807, 2.05) is 7.05 Å². The maximum Gasteiger partial charge on any atom is 0.219 e. The highest BCUT2D eigenvalue weighted by molar-refractivity contribution is 7.81. The van der Waals surface area contributed by atoms with E-state index in [2.05, 4.69) is 40.3 Å². The van der Waals surface area contributed by atoms with E-state index < -0.39 is 0 Å². The SMILES string of the molecule is CC(=O)N(C)CC(C)(S)CC(C)(C)C. The molecule has 0 rings (SSSR count). The van der Waals surface area contributed by atoms with E-state index in [1.165, 1.54) is 0 Å². The molecule has 2 nitrogen and oxygen atoms in total. The molecule has 0 aliphatic heterocycles. The van der Waals surface area contributed by atoms with Crippen molar-refractivity contribution >= 4 is 18.5 Å². The Morgan fingerprint density at radius 1 is 1.29 bits per heavy atom. The summed E-state index contributed by atoms with van der Waals surface area (Å²) in [5.41, 5.74) is 0.244. The molecule has 0 saturated heterocycles. The van der Waals surface area contributed by atoms with Crippen LogP contribution in [0.2, 0.25) is 0 Å². The van der Waals surface area contributed by atoms with Gasteiger partial charge in [-0.2, -0.15) is 12.6 Å². The third-order valence-corrected chi connectivity index (χ3v) is 2.33. The lowest BCUT2D eigenvalue weighted by Crippen LogP contribution is -2.39. The second-order valence-corrected chi connectivity index (χ2v) is 6.69. The van der Waals surface area contributed by atoms with Gasteiger partial charge in [-0.05, 0) is 18.8 Å². The first-order valence-electron chi connectivity index (χ1n) is 4.98. The van der Waals surface area contributed by atoms with E-state index in [4.69, 9.17) is 0 Å². The van der Waals surface area contributed by atoms with Crippen LogP contribution in [0.5, 0.6) is 0 Å². The summed E-state index contributed by atoms with van der Waals surface area (Å²) in [6.07, 6.45) is 0.987. The zero-order chi connectivity index (χ0) is 11.6. The summed E-state index contributed by atoms with van der Waals surface area (Å²) < 4.78 is -0.112. The first kappa shape index (κ1) is 13.8. The van der Waals surface area contributed by atoms with Crippen LogP contribution in [0.25, 0.3) is 0 Å². The molecule has 0 radical (unpaired) electrons. The Hall–Kier alpha value is -0.180. The average molecular weight is 217 g/mol. The number of amides is 1. The highest BCUT2D eigenvalue weighted by Gasteiger charge is 2.28. The van der Waals surface area contributed by atoms with Gasteiger partial charge in [0, 0.05) is 25.3 Å². The monoisotopic (exact) mass is 217 g/mol. The van der Waals surface area contributed by atoms with Crippen LogP contribution in [0.4, 0.5) is 0 Å². The fourth-order valence-electron chi connectivity index (χ4n) is 1.82. The van der Waals surface area contributed by atoms with Gasteiger partial charge in [0.15, 0.2) is 0 Å². The van der Waals surface area contributed by atoms with Gasteiger partial charge in [-0.1, -0.05) is 20.8 Å². The predicted molar refractivity (Wildman–Crippen MR) is 64.8 cm³/mol. The number of carbonyl (C=O) groups is 1. The van der Waals surface area contributed by atoms with Gasteiger partial charge in [-0.3, -0.25) is 4.79 Å². The molecule has 1 unspecified atom stereocenters. The lowest BCUT2D eigenvalue weighted by atomic mass is 9.84. The molecule has 84 valence electrons. The first-order valence-corrected chi connectivity index (χ1v) is 5.42. The Bertz CT molecular complexity index is 206. The van der Waals surface area contributed by atoms with Gasteiger partial charge in [0.2, 0.25) is 5.91 Å². The molecule has 0 aliphatic carbocycles. The van der Waals surface area contributed by atoms with Gasteiger partial charge < -0.3 is 4.90 Å². The number of rotatable bonds is 3. The average Bonchev–Trinajstić information content (AvgIpc) is 1.78. The standard InChI is InChI=1S/C11H23NOS/c1-9(13)12(6)8-11(5,14)7-10(2,3)4/h14H,7-8H2,1-6H3. The van der Waals surface area contributed by atoms with Crippen LogP contribution in [-0.2, 0) is 4.79 Å². The minimum Gasteiger partial charge on any atom is -0.345 e. The molecule has 0 fully saturated rings. The summed E-state index contributed by atoms with van der Waals surface area (Å²) in [5.74, 6) is 0.0965. The normalized spacial score (nSPS) is 16.2. The number of carbonyl (C=O) groups excluding carboxylic acids is 1. The van der Waals surface area contributed by atoms with E-state index >= 15 is 0 Å². The minimum absolute atomic E-state index is 0.0965. The molecule has 1 atom stereocenters. The second-order valence-electron chi connectivity index (χ2n) is 5.61. The second kappa shape index (κ2) is 4.56. The number of nitrogens with zero attached hydrogens (tertiary/aromatic N) is 1. The van der Waals surface area contributed by atoms with Crippen molar-refractivity contribution in [3.63, 3.8) is 0 Å². The maximum atomic E-state index is 11.1. The highest BCUT2D eigenvalue weighted by atomic mass is 32.1. The Kier molecular flexibility index (Phi) is 4.50. The fraction of sp³-hybridized carbons (Fsp3) is 0.909. The third kappa shape index (κ3) is 6.30. The number of thiol groups is 1. The maximum absolute atomic E-state index is 11.1. The Balaban J connectivity index is 4.27. The zero-order valence-electron chi connectivity index (χ0n) is 10.2. The van der Waals surface area contributed by atoms with Crippen LogP contribution in [0, 0.1) is 5.41 Å². The van der Waals surface area contributed by atoms with Gasteiger partial charge in [-0.25, -0.2) is 0 Å². The molecule has 0 spiro atoms. The van der Waals surface area contributed by atoms with Gasteiger partial charge in [0.1, 0.15) is 0 Å². The minimum atomic E-state index is -0.112. The van der Waals surface area contributed by atoms with E-state index in [0.717, 1.165) is 6.42 Å². The molecule has 0 aromatic heterocycles. The van der Waals surface area contributed by atoms with Crippen molar-refractivity contribution in [2.75, 3.05) is 13.6 Å². The van der Waals surface area contributed by atoms with Crippen LogP contribution >= 0.6 is 12.6 Å². The predicted octanol–water partition coefficient (Wildman–Crippen LogP) is 2.59. The summed E-state index contributed by atoms with van der Waals surface area (Å²) in [7, 11) is 1.82. The van der Waals surface area contributed by atoms with Crippen molar-refractivity contribution in [3.8, 4) is 0 Å². The van der Waals surface area contributed by atoms with Crippen molar-refractivity contribution < 1.29 is 4.79 Å². The van der Waals surface area contributed by atoms with Crippen molar-refractivity contribution in [3.05, 3.63) is 0 Å². The molecule has 3 heteroatoms. The molecular formula is C11H23NOS. The highest BCUT2D eigenvalue weighted by Crippen LogP contribution is 2.31. The Labute approximate surface area is 93.5 Å². The van der Waals surface area contributed by atoms with Crippen molar-refractivity contribution in [1.29, 1.82) is 0 Å². The van der Waals surface area contributed by atoms with Crippen molar-refractivity contribution in [2.24, 2.45) is 5.41 Å². The molecular weight excluding hydrogens is 194 g/mol. The molecule has 0 heterocycles. The van der Waals surface area contributed by atoms with E-state index in [-0.39, 0.29) is 16.1 Å². The summed E-state index contributed by atoms with van der Waals surface area (Å²) >= 11 is 4.62. The van der Waals surface area contributed by atoms with E-state index in [1.54, 1.807) is 11.8 Å². The van der Waals surface area contributed by atoms with Gasteiger partial charge in [-0.15, -0.1) is 0 Å². The van der Waals surface area contributed by atoms with E-state index in [0.29, 0.717) is 6.54 Å². The first-order chi connectivity index (χ1) is 6.03. The zero-order valence-corrected chi connectivity index (χ0v) is 11.1. The Morgan fingerprint density at radius 2 is 1.71 bits per heavy atom. The van der Waals surface area contributed by atoms with Crippen molar-refractivity contribution in [2.45, 2.75) is 45.8 Å². The quantitative estimate of drug-likeness (QED) is 0.721. The van der Waals surface area contributed by atoms with Crippen LogP contribution in [-0.4, -0.2) is 29.1 Å². The molecule has 0 saturated carbocycles. The smallest absolute Gasteiger partial charge is 0.219 e. The third-order valence-electron chi connectivity index (χ3n) is 2.03. The molecule has 14 heavy (non-hydrogen) atoms. The lowest BCUT2D eigenvalue weighted by molar-refractivity contribution is -0.127. The van der Waals surface area contributed by atoms with Gasteiger partial charge in [0.25, 0.3) is 0 Å². The van der Waals surface area contributed by atoms with Crippen molar-refractivity contribution in [1.82, 2.24) is 4.90 Å². The van der Waals surface area contributed by atoms with Gasteiger partial charge in [0.05, 0.1) is 0 Å². The lowest BCUT2D eigenvalue weighted by Gasteiger charge is -2.34. The molecule has 0 aromatic carbocycles. The molecule has 1 amide bonds. The van der Waals surface area contributed by atoms with Crippen LogP contribution in [0.3, 0.4) is 0 Å². The largest absolute Gasteiger partial charge is 0.345 e. The molecule has 0 aliphatic rings. The topological polar surface area (TPSA) is 20.3 Å². The van der Waals surface area contributed by atoms with Crippen LogP contribution in [0.1, 0.15) is 41.0 Å².